The number of hydrogen-bond acceptors (Lipinski definition) is 5. The Bertz CT molecular complexity index is 1390. The van der Waals surface area contributed by atoms with Gasteiger partial charge >= 0.3 is 0 Å². The van der Waals surface area contributed by atoms with Gasteiger partial charge in [0.15, 0.2) is 5.17 Å². The molecule has 1 amide bonds. The number of benzene rings is 3. The van der Waals surface area contributed by atoms with E-state index < -0.39 is 0 Å². The van der Waals surface area contributed by atoms with E-state index in [-0.39, 0.29) is 5.91 Å². The molecule has 0 N–H and O–H groups in total. The Morgan fingerprint density at radius 2 is 1.63 bits per heavy atom. The van der Waals surface area contributed by atoms with E-state index in [4.69, 9.17) is 9.73 Å². The van der Waals surface area contributed by atoms with Gasteiger partial charge in [0.1, 0.15) is 12.4 Å². The van der Waals surface area contributed by atoms with Gasteiger partial charge in [-0.3, -0.25) is 4.79 Å². The topological polar surface area (TPSA) is 50.1 Å². The molecule has 2 heterocycles. The van der Waals surface area contributed by atoms with Gasteiger partial charge in [0.2, 0.25) is 0 Å². The Hall–Kier alpha value is -3.81. The molecule has 35 heavy (non-hydrogen) atoms. The third-order valence-electron chi connectivity index (χ3n) is 5.62. The summed E-state index contributed by atoms with van der Waals surface area (Å²) >= 11 is 1.39. The molecule has 176 valence electrons. The van der Waals surface area contributed by atoms with E-state index >= 15 is 0 Å². The van der Waals surface area contributed by atoms with Gasteiger partial charge in [-0.1, -0.05) is 54.6 Å². The highest BCUT2D eigenvalue weighted by Gasteiger charge is 2.35. The highest BCUT2D eigenvalue weighted by atomic mass is 32.2. The molecule has 0 spiro atoms. The van der Waals surface area contributed by atoms with E-state index in [2.05, 4.69) is 22.9 Å². The van der Waals surface area contributed by atoms with Crippen molar-refractivity contribution in [3.8, 4) is 5.75 Å². The standard InChI is InChI=1S/C28H26N4O2S/c1-30(2)32-27(33)26(35-28(32)29-22-11-5-3-6-12-22)19-21-20-31(25-16-10-9-15-24(21)25)17-18-34-23-13-7-4-8-14-23/h3-16,19-20H,17-18H2,1-2H3. The summed E-state index contributed by atoms with van der Waals surface area (Å²) in [4.78, 5) is 18.7. The Morgan fingerprint density at radius 1 is 0.943 bits per heavy atom. The van der Waals surface area contributed by atoms with Gasteiger partial charge in [-0.05, 0) is 48.2 Å². The van der Waals surface area contributed by atoms with Gasteiger partial charge in [-0.2, -0.15) is 0 Å². The van der Waals surface area contributed by atoms with Crippen molar-refractivity contribution in [2.75, 3.05) is 20.7 Å². The zero-order valence-corrected chi connectivity index (χ0v) is 20.5. The van der Waals surface area contributed by atoms with Crippen LogP contribution >= 0.6 is 11.8 Å². The monoisotopic (exact) mass is 482 g/mol. The third kappa shape index (κ3) is 5.01. The number of aliphatic imine (C=N–C) groups is 1. The van der Waals surface area contributed by atoms with Crippen molar-refractivity contribution in [2.24, 2.45) is 4.99 Å². The minimum absolute atomic E-state index is 0.0843. The van der Waals surface area contributed by atoms with Crippen molar-refractivity contribution in [2.45, 2.75) is 6.54 Å². The van der Waals surface area contributed by atoms with Crippen LogP contribution in [-0.2, 0) is 11.3 Å². The summed E-state index contributed by atoms with van der Waals surface area (Å²) in [6, 6.07) is 27.7. The summed E-state index contributed by atoms with van der Waals surface area (Å²) in [7, 11) is 3.70. The van der Waals surface area contributed by atoms with Gasteiger partial charge in [-0.15, -0.1) is 0 Å². The summed E-state index contributed by atoms with van der Waals surface area (Å²) < 4.78 is 8.09. The summed E-state index contributed by atoms with van der Waals surface area (Å²) in [5.41, 5.74) is 2.91. The van der Waals surface area contributed by atoms with Crippen LogP contribution in [0.25, 0.3) is 17.0 Å². The van der Waals surface area contributed by atoms with Crippen LogP contribution in [0.15, 0.2) is 101 Å². The second-order valence-corrected chi connectivity index (χ2v) is 9.27. The van der Waals surface area contributed by atoms with E-state index in [1.54, 1.807) is 10.0 Å². The van der Waals surface area contributed by atoms with Crippen molar-refractivity contribution >= 4 is 45.5 Å². The number of amidine groups is 1. The van der Waals surface area contributed by atoms with Gasteiger partial charge in [0.25, 0.3) is 5.91 Å². The fourth-order valence-corrected chi connectivity index (χ4v) is 5.04. The quantitative estimate of drug-likeness (QED) is 0.312. The molecule has 5 rings (SSSR count). The first kappa shape index (κ1) is 23.0. The number of aromatic nitrogens is 1. The molecule has 0 radical (unpaired) electrons. The molecule has 1 aliphatic rings. The molecule has 0 unspecified atom stereocenters. The minimum Gasteiger partial charge on any atom is -0.492 e. The van der Waals surface area contributed by atoms with Crippen LogP contribution in [0.5, 0.6) is 5.75 Å². The average Bonchev–Trinajstić information content (AvgIpc) is 3.37. The molecule has 1 aliphatic heterocycles. The molecule has 0 bridgehead atoms. The number of rotatable bonds is 7. The molecule has 6 nitrogen and oxygen atoms in total. The molecule has 0 saturated carbocycles. The van der Waals surface area contributed by atoms with E-state index in [1.165, 1.54) is 11.8 Å². The molecule has 0 aliphatic carbocycles. The van der Waals surface area contributed by atoms with Gasteiger partial charge in [0, 0.05) is 36.8 Å². The Morgan fingerprint density at radius 3 is 2.37 bits per heavy atom. The zero-order chi connectivity index (χ0) is 24.2. The lowest BCUT2D eigenvalue weighted by Crippen LogP contribution is -2.40. The molecule has 4 aromatic rings. The second-order valence-electron chi connectivity index (χ2n) is 8.26. The second kappa shape index (κ2) is 10.2. The molecule has 3 aromatic carbocycles. The fraction of sp³-hybridized carbons (Fsp3) is 0.143. The number of ether oxygens (including phenoxy) is 1. The SMILES string of the molecule is CN(C)N1C(=O)C(=Cc2cn(CCOc3ccccc3)c3ccccc23)SC1=Nc1ccccc1. The fourth-order valence-electron chi connectivity index (χ4n) is 4.00. The predicted molar refractivity (Wildman–Crippen MR) is 144 cm³/mol. The molecule has 0 atom stereocenters. The molecular weight excluding hydrogens is 456 g/mol. The summed E-state index contributed by atoms with van der Waals surface area (Å²) in [6.45, 7) is 1.25. The molecule has 7 heteroatoms. The van der Waals surface area contributed by atoms with Crippen LogP contribution in [0.3, 0.4) is 0 Å². The van der Waals surface area contributed by atoms with Crippen LogP contribution in [0.1, 0.15) is 5.56 Å². The summed E-state index contributed by atoms with van der Waals surface area (Å²) in [5, 5.41) is 5.11. The van der Waals surface area contributed by atoms with Crippen molar-refractivity contribution in [1.29, 1.82) is 0 Å². The highest BCUT2D eigenvalue weighted by Crippen LogP contribution is 2.36. The summed E-state index contributed by atoms with van der Waals surface area (Å²) in [6.07, 6.45) is 4.06. The maximum Gasteiger partial charge on any atom is 0.281 e. The number of para-hydroxylation sites is 3. The van der Waals surface area contributed by atoms with Crippen LogP contribution in [0.2, 0.25) is 0 Å². The first-order chi connectivity index (χ1) is 17.1. The van der Waals surface area contributed by atoms with E-state index in [9.17, 15) is 4.79 Å². The zero-order valence-electron chi connectivity index (χ0n) is 19.7. The molecule has 1 fully saturated rings. The number of carbonyl (C=O) groups excluding carboxylic acids is 1. The predicted octanol–water partition coefficient (Wildman–Crippen LogP) is 5.80. The first-order valence-electron chi connectivity index (χ1n) is 11.4. The van der Waals surface area contributed by atoms with Gasteiger partial charge in [-0.25, -0.2) is 15.0 Å². The van der Waals surface area contributed by atoms with Crippen molar-refractivity contribution in [3.05, 3.63) is 102 Å². The molecular formula is C28H26N4O2S. The largest absolute Gasteiger partial charge is 0.492 e. The van der Waals surface area contributed by atoms with E-state index in [1.807, 2.05) is 93.0 Å². The van der Waals surface area contributed by atoms with Crippen molar-refractivity contribution < 1.29 is 9.53 Å². The maximum atomic E-state index is 13.3. The minimum atomic E-state index is -0.0843. The Kier molecular flexibility index (Phi) is 6.70. The maximum absolute atomic E-state index is 13.3. The average molecular weight is 483 g/mol. The molecule has 1 saturated heterocycles. The third-order valence-corrected chi connectivity index (χ3v) is 6.58. The number of carbonyl (C=O) groups is 1. The number of amides is 1. The number of hydrogen-bond donors (Lipinski definition) is 0. The smallest absolute Gasteiger partial charge is 0.281 e. The van der Waals surface area contributed by atoms with E-state index in [0.717, 1.165) is 27.9 Å². The van der Waals surface area contributed by atoms with Crippen LogP contribution in [-0.4, -0.2) is 46.4 Å². The van der Waals surface area contributed by atoms with Gasteiger partial charge in [0.05, 0.1) is 17.1 Å². The molecule has 1 aromatic heterocycles. The Balaban J connectivity index is 1.44. The highest BCUT2D eigenvalue weighted by molar-refractivity contribution is 8.18. The van der Waals surface area contributed by atoms with Crippen LogP contribution in [0, 0.1) is 0 Å². The Labute approximate surface area is 209 Å². The number of nitrogens with zero attached hydrogens (tertiary/aromatic N) is 4. The van der Waals surface area contributed by atoms with Crippen LogP contribution < -0.4 is 4.74 Å². The van der Waals surface area contributed by atoms with Crippen LogP contribution in [0.4, 0.5) is 5.69 Å². The number of thioether (sulfide) groups is 1. The normalized spacial score (nSPS) is 16.2. The lowest BCUT2D eigenvalue weighted by atomic mass is 10.1. The lowest BCUT2D eigenvalue weighted by Gasteiger charge is -2.22. The van der Waals surface area contributed by atoms with E-state index in [0.29, 0.717) is 23.2 Å². The summed E-state index contributed by atoms with van der Waals surface area (Å²) in [5.74, 6) is 0.771. The lowest BCUT2D eigenvalue weighted by molar-refractivity contribution is -0.130. The van der Waals surface area contributed by atoms with Crippen molar-refractivity contribution in [1.82, 2.24) is 14.6 Å². The van der Waals surface area contributed by atoms with Gasteiger partial charge < -0.3 is 9.30 Å². The number of fused-ring (bicyclic) bond motifs is 1. The number of hydrazine groups is 1. The first-order valence-corrected chi connectivity index (χ1v) is 12.2. The van der Waals surface area contributed by atoms with Crippen molar-refractivity contribution in [3.63, 3.8) is 0 Å².